The van der Waals surface area contributed by atoms with E-state index in [2.05, 4.69) is 5.32 Å². The first-order valence-corrected chi connectivity index (χ1v) is 9.11. The summed E-state index contributed by atoms with van der Waals surface area (Å²) in [7, 11) is 0. The molecule has 0 bridgehead atoms. The molecule has 26 heavy (non-hydrogen) atoms. The van der Waals surface area contributed by atoms with E-state index in [0.717, 1.165) is 17.3 Å². The van der Waals surface area contributed by atoms with E-state index >= 15 is 0 Å². The highest BCUT2D eigenvalue weighted by Crippen LogP contribution is 2.34. The lowest BCUT2D eigenvalue weighted by atomic mass is 9.99. The quantitative estimate of drug-likeness (QED) is 0.759. The zero-order valence-corrected chi connectivity index (χ0v) is 15.5. The van der Waals surface area contributed by atoms with Crippen LogP contribution in [0.3, 0.4) is 0 Å². The third-order valence-corrected chi connectivity index (χ3v) is 5.42. The summed E-state index contributed by atoms with van der Waals surface area (Å²) in [5.74, 6) is 0.0572. The van der Waals surface area contributed by atoms with Gasteiger partial charge in [0.15, 0.2) is 6.61 Å². The maximum Gasteiger partial charge on any atom is 0.286 e. The molecule has 1 aliphatic rings. The summed E-state index contributed by atoms with van der Waals surface area (Å²) in [4.78, 5) is 35.4. The van der Waals surface area contributed by atoms with Crippen LogP contribution in [0.4, 0.5) is 4.79 Å². The van der Waals surface area contributed by atoms with Gasteiger partial charge >= 0.3 is 0 Å². The zero-order chi connectivity index (χ0) is 18.7. The lowest BCUT2D eigenvalue weighted by Gasteiger charge is -2.18. The fourth-order valence-corrected chi connectivity index (χ4v) is 3.80. The molecule has 2 aromatic carbocycles. The van der Waals surface area contributed by atoms with E-state index in [0.29, 0.717) is 22.8 Å². The van der Waals surface area contributed by atoms with Gasteiger partial charge in [0.2, 0.25) is 11.7 Å². The largest absolute Gasteiger partial charge is 0.485 e. The van der Waals surface area contributed by atoms with Crippen molar-refractivity contribution in [3.63, 3.8) is 0 Å². The van der Waals surface area contributed by atoms with Gasteiger partial charge in [0.05, 0.1) is 5.02 Å². The molecule has 0 saturated carbocycles. The number of thioether (sulfide) groups is 1. The fourth-order valence-electron chi connectivity index (χ4n) is 2.62. The first-order valence-electron chi connectivity index (χ1n) is 7.91. The summed E-state index contributed by atoms with van der Waals surface area (Å²) in [5, 5.41) is 2.38. The molecule has 1 fully saturated rings. The van der Waals surface area contributed by atoms with Crippen LogP contribution in [0.15, 0.2) is 48.5 Å². The predicted molar refractivity (Wildman–Crippen MR) is 101 cm³/mol. The number of carbonyl (C=O) groups is 3. The van der Waals surface area contributed by atoms with E-state index in [1.165, 1.54) is 0 Å². The van der Waals surface area contributed by atoms with Crippen LogP contribution >= 0.6 is 23.4 Å². The van der Waals surface area contributed by atoms with Gasteiger partial charge in [-0.05, 0) is 54.9 Å². The van der Waals surface area contributed by atoms with E-state index in [9.17, 15) is 14.4 Å². The summed E-state index contributed by atoms with van der Waals surface area (Å²) >= 11 is 7.00. The molecule has 0 spiro atoms. The molecule has 0 radical (unpaired) electrons. The summed E-state index contributed by atoms with van der Waals surface area (Å²) in [5.41, 5.74) is 1.32. The number of hydrogen-bond acceptors (Lipinski definition) is 5. The maximum absolute atomic E-state index is 12.2. The molecule has 0 aliphatic carbocycles. The van der Waals surface area contributed by atoms with Crippen molar-refractivity contribution in [3.8, 4) is 5.75 Å². The lowest BCUT2D eigenvalue weighted by Crippen LogP contribution is -2.35. The van der Waals surface area contributed by atoms with Crippen LogP contribution in [-0.2, 0) is 11.2 Å². The highest BCUT2D eigenvalue weighted by molar-refractivity contribution is 8.16. The second-order valence-corrected chi connectivity index (χ2v) is 7.97. The minimum absolute atomic E-state index is 0.118. The number of amides is 2. The Balaban J connectivity index is 1.60. The second kappa shape index (κ2) is 7.51. The van der Waals surface area contributed by atoms with Crippen LogP contribution in [0.5, 0.6) is 5.75 Å². The molecular formula is C19H16ClNO4S. The number of nitrogens with one attached hydrogen (secondary N) is 1. The van der Waals surface area contributed by atoms with E-state index in [4.69, 9.17) is 16.3 Å². The van der Waals surface area contributed by atoms with Crippen molar-refractivity contribution in [1.82, 2.24) is 5.32 Å². The second-order valence-electron chi connectivity index (χ2n) is 6.09. The Kier molecular flexibility index (Phi) is 5.34. The van der Waals surface area contributed by atoms with Gasteiger partial charge in [0, 0.05) is 5.56 Å². The fraction of sp³-hybridized carbons (Fsp3) is 0.211. The van der Waals surface area contributed by atoms with E-state index < -0.39 is 4.75 Å². The van der Waals surface area contributed by atoms with Crippen molar-refractivity contribution < 1.29 is 19.1 Å². The molecule has 1 aliphatic heterocycles. The Bertz CT molecular complexity index is 868. The molecule has 5 nitrogen and oxygen atoms in total. The van der Waals surface area contributed by atoms with Gasteiger partial charge in [0.25, 0.3) is 5.24 Å². The van der Waals surface area contributed by atoms with Gasteiger partial charge < -0.3 is 4.74 Å². The monoisotopic (exact) mass is 389 g/mol. The highest BCUT2D eigenvalue weighted by Gasteiger charge is 2.43. The topological polar surface area (TPSA) is 72.5 Å². The molecule has 0 aromatic heterocycles. The maximum atomic E-state index is 12.2. The molecular weight excluding hydrogens is 374 g/mol. The Labute approximate surface area is 160 Å². The van der Waals surface area contributed by atoms with Gasteiger partial charge in [-0.25, -0.2) is 0 Å². The molecule has 2 aromatic rings. The predicted octanol–water partition coefficient (Wildman–Crippen LogP) is 3.89. The van der Waals surface area contributed by atoms with Crippen molar-refractivity contribution in [2.75, 3.05) is 6.61 Å². The van der Waals surface area contributed by atoms with Crippen LogP contribution < -0.4 is 10.1 Å². The summed E-state index contributed by atoms with van der Waals surface area (Å²) in [6.45, 7) is 1.62. The summed E-state index contributed by atoms with van der Waals surface area (Å²) in [6.07, 6.45) is 0.425. The average Bonchev–Trinajstić information content (AvgIpc) is 2.86. The minimum atomic E-state index is -0.806. The van der Waals surface area contributed by atoms with E-state index in [-0.39, 0.29) is 23.5 Å². The third-order valence-electron chi connectivity index (χ3n) is 4.02. The number of hydrogen-bond donors (Lipinski definition) is 1. The first kappa shape index (κ1) is 18.5. The Morgan fingerprint density at radius 3 is 2.46 bits per heavy atom. The number of halogens is 1. The number of carbonyl (C=O) groups excluding carboxylic acids is 3. The number of ketones is 1. The van der Waals surface area contributed by atoms with Crippen molar-refractivity contribution in [1.29, 1.82) is 0 Å². The summed E-state index contributed by atoms with van der Waals surface area (Å²) < 4.78 is 4.71. The van der Waals surface area contributed by atoms with Crippen molar-refractivity contribution in [2.24, 2.45) is 0 Å². The van der Waals surface area contributed by atoms with Crippen molar-refractivity contribution >= 4 is 40.3 Å². The Hall–Kier alpha value is -2.31. The lowest BCUT2D eigenvalue weighted by molar-refractivity contribution is -0.121. The van der Waals surface area contributed by atoms with E-state index in [1.807, 2.05) is 12.1 Å². The number of ether oxygens (including phenoxy) is 1. The molecule has 1 N–H and O–H groups in total. The Morgan fingerprint density at radius 2 is 1.85 bits per heavy atom. The highest BCUT2D eigenvalue weighted by atomic mass is 35.5. The van der Waals surface area contributed by atoms with Gasteiger partial charge in [-0.1, -0.05) is 35.9 Å². The van der Waals surface area contributed by atoms with Gasteiger partial charge in [0.1, 0.15) is 10.5 Å². The van der Waals surface area contributed by atoms with Gasteiger partial charge in [-0.3, -0.25) is 19.7 Å². The van der Waals surface area contributed by atoms with Gasteiger partial charge in [-0.2, -0.15) is 0 Å². The van der Waals surface area contributed by atoms with E-state index in [1.54, 1.807) is 43.3 Å². The summed E-state index contributed by atoms with van der Waals surface area (Å²) in [6, 6.07) is 13.9. The minimum Gasteiger partial charge on any atom is -0.485 e. The number of imide groups is 1. The molecule has 7 heteroatoms. The molecule has 3 rings (SSSR count). The molecule has 1 unspecified atom stereocenters. The van der Waals surface area contributed by atoms with Crippen molar-refractivity contribution in [2.45, 2.75) is 18.1 Å². The molecule has 1 saturated heterocycles. The molecule has 1 heterocycles. The van der Waals surface area contributed by atoms with Crippen LogP contribution in [0.2, 0.25) is 5.02 Å². The number of Topliss-reactive ketones (excluding diaryl/α,β-unsaturated/α-hetero) is 1. The molecule has 134 valence electrons. The van der Waals surface area contributed by atoms with Gasteiger partial charge in [-0.15, -0.1) is 0 Å². The number of rotatable bonds is 6. The smallest absolute Gasteiger partial charge is 0.286 e. The molecule has 2 amide bonds. The standard InChI is InChI=1S/C19H16ClNO4S/c1-19(17(23)21-18(24)26-19)10-12-6-8-13(9-7-12)25-11-16(22)14-4-2-3-5-15(14)20/h2-9H,10-11H2,1H3,(H,21,23,24). The normalized spacial score (nSPS) is 19.3. The third kappa shape index (κ3) is 4.08. The van der Waals surface area contributed by atoms with Crippen LogP contribution in [0.1, 0.15) is 22.8 Å². The average molecular weight is 390 g/mol. The first-order chi connectivity index (χ1) is 12.4. The zero-order valence-electron chi connectivity index (χ0n) is 14.0. The van der Waals surface area contributed by atoms with Crippen molar-refractivity contribution in [3.05, 3.63) is 64.7 Å². The SMILES string of the molecule is CC1(Cc2ccc(OCC(=O)c3ccccc3Cl)cc2)SC(=O)NC1=O. The Morgan fingerprint density at radius 1 is 1.15 bits per heavy atom. The van der Waals surface area contributed by atoms with Crippen LogP contribution in [0.25, 0.3) is 0 Å². The van der Waals surface area contributed by atoms with Crippen LogP contribution in [0, 0.1) is 0 Å². The van der Waals surface area contributed by atoms with Crippen LogP contribution in [-0.4, -0.2) is 28.3 Å². The number of benzene rings is 2. The molecule has 1 atom stereocenters.